The van der Waals surface area contributed by atoms with Gasteiger partial charge in [0.25, 0.3) is 0 Å². The van der Waals surface area contributed by atoms with Crippen LogP contribution in [0.1, 0.15) is 25.7 Å². The summed E-state index contributed by atoms with van der Waals surface area (Å²) in [4.78, 5) is 14.4. The number of nitrogens with zero attached hydrogens (tertiary/aromatic N) is 1. The Labute approximate surface area is 148 Å². The van der Waals surface area contributed by atoms with Gasteiger partial charge in [-0.25, -0.2) is 4.39 Å². The van der Waals surface area contributed by atoms with Crippen molar-refractivity contribution in [2.45, 2.75) is 31.7 Å². The van der Waals surface area contributed by atoms with E-state index < -0.39 is 0 Å². The Hall–Kier alpha value is -1.33. The van der Waals surface area contributed by atoms with Gasteiger partial charge in [0.05, 0.1) is 12.5 Å². The van der Waals surface area contributed by atoms with E-state index in [1.807, 2.05) is 7.05 Å². The lowest BCUT2D eigenvalue weighted by molar-refractivity contribution is -0.136. The largest absolute Gasteiger partial charge is 0.494 e. The maximum Gasteiger partial charge on any atom is 0.227 e. The van der Waals surface area contributed by atoms with Crippen LogP contribution in [-0.2, 0) is 4.79 Å². The Balaban J connectivity index is 0.00000208. The summed E-state index contributed by atoms with van der Waals surface area (Å²) in [5.41, 5.74) is 6.24. The normalized spacial score (nSPS) is 27.6. The van der Waals surface area contributed by atoms with E-state index in [1.165, 1.54) is 18.6 Å². The van der Waals surface area contributed by atoms with Crippen molar-refractivity contribution in [1.82, 2.24) is 4.90 Å². The van der Waals surface area contributed by atoms with Gasteiger partial charge < -0.3 is 15.4 Å². The van der Waals surface area contributed by atoms with Gasteiger partial charge in [-0.15, -0.1) is 12.4 Å². The molecule has 2 fully saturated rings. The van der Waals surface area contributed by atoms with Crippen molar-refractivity contribution < 1.29 is 13.9 Å². The molecule has 2 aliphatic rings. The van der Waals surface area contributed by atoms with Crippen molar-refractivity contribution in [3.05, 3.63) is 30.1 Å². The molecule has 0 spiro atoms. The molecule has 134 valence electrons. The number of hydrogen-bond acceptors (Lipinski definition) is 3. The Morgan fingerprint density at radius 1 is 1.29 bits per heavy atom. The van der Waals surface area contributed by atoms with Crippen molar-refractivity contribution in [2.75, 3.05) is 20.2 Å². The fourth-order valence-electron chi connectivity index (χ4n) is 4.09. The summed E-state index contributed by atoms with van der Waals surface area (Å²) in [6.07, 6.45) is 4.20. The lowest BCUT2D eigenvalue weighted by Gasteiger charge is -2.30. The highest BCUT2D eigenvalue weighted by Gasteiger charge is 2.49. The van der Waals surface area contributed by atoms with Crippen LogP contribution in [0.4, 0.5) is 4.39 Å². The van der Waals surface area contributed by atoms with Crippen LogP contribution in [0.3, 0.4) is 0 Å². The number of carbonyl (C=O) groups is 1. The number of hydrogen-bond donors (Lipinski definition) is 1. The zero-order valence-electron chi connectivity index (χ0n) is 14.0. The summed E-state index contributed by atoms with van der Waals surface area (Å²) >= 11 is 0. The van der Waals surface area contributed by atoms with E-state index in [0.29, 0.717) is 30.7 Å². The molecule has 4 nitrogen and oxygen atoms in total. The lowest BCUT2D eigenvalue weighted by Crippen LogP contribution is -2.46. The second-order valence-electron chi connectivity index (χ2n) is 6.85. The topological polar surface area (TPSA) is 55.6 Å². The number of fused-ring (bicyclic) bond motifs is 2. The monoisotopic (exact) mass is 356 g/mol. The number of benzene rings is 1. The van der Waals surface area contributed by atoms with Crippen LogP contribution < -0.4 is 10.5 Å². The SMILES string of the molecule is CN(CCCOc1ccc(F)cc1)C(=O)C1C2CCC(C2)C1N.Cl. The molecular weight excluding hydrogens is 331 g/mol. The fraction of sp³-hybridized carbons (Fsp3) is 0.611. The molecule has 0 aromatic heterocycles. The standard InChI is InChI=1S/C18H25FN2O2.ClH/c1-21(9-2-10-23-15-7-5-14(19)6-8-15)18(22)16-12-3-4-13(11-12)17(16)20;/h5-8,12-13,16-17H,2-4,9-11,20H2,1H3;1H. The van der Waals surface area contributed by atoms with Gasteiger partial charge >= 0.3 is 0 Å². The first-order valence-corrected chi connectivity index (χ1v) is 8.45. The highest BCUT2D eigenvalue weighted by Crippen LogP contribution is 2.48. The van der Waals surface area contributed by atoms with Gasteiger partial charge in [0, 0.05) is 19.6 Å². The molecule has 2 saturated carbocycles. The van der Waals surface area contributed by atoms with Gasteiger partial charge in [0.2, 0.25) is 5.91 Å². The van der Waals surface area contributed by atoms with Crippen LogP contribution in [-0.4, -0.2) is 37.0 Å². The van der Waals surface area contributed by atoms with Crippen molar-refractivity contribution in [3.63, 3.8) is 0 Å². The van der Waals surface area contributed by atoms with Gasteiger partial charge in [-0.3, -0.25) is 4.79 Å². The van der Waals surface area contributed by atoms with Gasteiger partial charge in [0.15, 0.2) is 0 Å². The number of ether oxygens (including phenoxy) is 1. The molecule has 0 aliphatic heterocycles. The molecule has 2 aliphatic carbocycles. The summed E-state index contributed by atoms with van der Waals surface area (Å²) in [7, 11) is 1.85. The third kappa shape index (κ3) is 4.01. The molecule has 0 saturated heterocycles. The van der Waals surface area contributed by atoms with Crippen LogP contribution in [0.15, 0.2) is 24.3 Å². The molecule has 2 bridgehead atoms. The second kappa shape index (κ2) is 8.17. The van der Waals surface area contributed by atoms with E-state index in [4.69, 9.17) is 10.5 Å². The Bertz CT molecular complexity index is 552. The summed E-state index contributed by atoms with van der Waals surface area (Å²) in [6.45, 7) is 1.16. The first-order valence-electron chi connectivity index (χ1n) is 8.45. The molecule has 6 heteroatoms. The molecule has 0 heterocycles. The molecular formula is C18H26ClFN2O2. The molecule has 24 heavy (non-hydrogen) atoms. The Kier molecular flexibility index (Phi) is 6.47. The molecule has 1 aromatic rings. The third-order valence-electron chi connectivity index (χ3n) is 5.36. The molecule has 1 aromatic carbocycles. The minimum absolute atomic E-state index is 0. The molecule has 0 radical (unpaired) electrons. The van der Waals surface area contributed by atoms with Gasteiger partial charge in [-0.1, -0.05) is 0 Å². The number of rotatable bonds is 6. The molecule has 2 N–H and O–H groups in total. The van der Waals surface area contributed by atoms with E-state index in [1.54, 1.807) is 17.0 Å². The van der Waals surface area contributed by atoms with Gasteiger partial charge in [-0.05, 0) is 61.8 Å². The van der Waals surface area contributed by atoms with E-state index in [0.717, 1.165) is 19.3 Å². The predicted molar refractivity (Wildman–Crippen MR) is 93.7 cm³/mol. The van der Waals surface area contributed by atoms with E-state index in [9.17, 15) is 9.18 Å². The van der Waals surface area contributed by atoms with Gasteiger partial charge in [-0.2, -0.15) is 0 Å². The number of halogens is 2. The van der Waals surface area contributed by atoms with E-state index in [2.05, 4.69) is 0 Å². The number of amides is 1. The average Bonchev–Trinajstić information content (AvgIpc) is 3.13. The van der Waals surface area contributed by atoms with Crippen LogP contribution in [0.2, 0.25) is 0 Å². The van der Waals surface area contributed by atoms with Crippen molar-refractivity contribution in [1.29, 1.82) is 0 Å². The van der Waals surface area contributed by atoms with E-state index in [-0.39, 0.29) is 36.1 Å². The average molecular weight is 357 g/mol. The maximum atomic E-state index is 12.8. The molecule has 3 rings (SSSR count). The minimum Gasteiger partial charge on any atom is -0.494 e. The Morgan fingerprint density at radius 3 is 2.58 bits per heavy atom. The highest BCUT2D eigenvalue weighted by atomic mass is 35.5. The van der Waals surface area contributed by atoms with Crippen LogP contribution in [0, 0.1) is 23.6 Å². The molecule has 4 unspecified atom stereocenters. The van der Waals surface area contributed by atoms with Crippen molar-refractivity contribution in [2.24, 2.45) is 23.5 Å². The summed E-state index contributed by atoms with van der Waals surface area (Å²) in [5.74, 6) is 1.60. The summed E-state index contributed by atoms with van der Waals surface area (Å²) < 4.78 is 18.4. The third-order valence-corrected chi connectivity index (χ3v) is 5.36. The summed E-state index contributed by atoms with van der Waals surface area (Å²) in [5, 5.41) is 0. The second-order valence-corrected chi connectivity index (χ2v) is 6.85. The minimum atomic E-state index is -0.273. The smallest absolute Gasteiger partial charge is 0.227 e. The quantitative estimate of drug-likeness (QED) is 0.797. The van der Waals surface area contributed by atoms with Crippen molar-refractivity contribution >= 4 is 18.3 Å². The Morgan fingerprint density at radius 2 is 1.96 bits per heavy atom. The zero-order chi connectivity index (χ0) is 16.4. The van der Waals surface area contributed by atoms with Crippen LogP contribution in [0.25, 0.3) is 0 Å². The van der Waals surface area contributed by atoms with Crippen molar-refractivity contribution in [3.8, 4) is 5.75 Å². The highest BCUT2D eigenvalue weighted by molar-refractivity contribution is 5.85. The number of carbonyl (C=O) groups excluding carboxylic acids is 1. The zero-order valence-corrected chi connectivity index (χ0v) is 14.8. The predicted octanol–water partition coefficient (Wildman–Crippen LogP) is 2.85. The molecule has 4 atom stereocenters. The number of nitrogens with two attached hydrogens (primary N) is 1. The van der Waals surface area contributed by atoms with Crippen LogP contribution >= 0.6 is 12.4 Å². The fourth-order valence-corrected chi connectivity index (χ4v) is 4.09. The van der Waals surface area contributed by atoms with Gasteiger partial charge in [0.1, 0.15) is 11.6 Å². The van der Waals surface area contributed by atoms with Crippen LogP contribution in [0.5, 0.6) is 5.75 Å². The first kappa shape index (κ1) is 19.0. The lowest BCUT2D eigenvalue weighted by atomic mass is 9.84. The van der Waals surface area contributed by atoms with E-state index >= 15 is 0 Å². The molecule has 1 amide bonds. The maximum absolute atomic E-state index is 12.8. The summed E-state index contributed by atoms with van der Waals surface area (Å²) in [6, 6.07) is 6.01. The first-order chi connectivity index (χ1) is 11.1.